The molecular weight excluding hydrogens is 297 g/mol. The molecule has 1 N–H and O–H groups in total. The summed E-state index contributed by atoms with van der Waals surface area (Å²) in [5.41, 5.74) is 1.61. The van der Waals surface area contributed by atoms with Crippen molar-refractivity contribution in [2.24, 2.45) is 5.16 Å². The number of carbonyl (C=O) groups excluding carboxylic acids is 1. The first-order valence-corrected chi connectivity index (χ1v) is 7.22. The van der Waals surface area contributed by atoms with Crippen LogP contribution in [-0.2, 0) is 9.63 Å². The van der Waals surface area contributed by atoms with Crippen LogP contribution in [-0.4, -0.2) is 22.2 Å². The van der Waals surface area contributed by atoms with Crippen molar-refractivity contribution in [3.63, 3.8) is 0 Å². The fraction of sp³-hybridized carbons (Fsp3) is 0.235. The average molecular weight is 313 g/mol. The van der Waals surface area contributed by atoms with Crippen molar-refractivity contribution in [2.45, 2.75) is 25.9 Å². The fourth-order valence-corrected chi connectivity index (χ4v) is 2.33. The lowest BCUT2D eigenvalue weighted by Gasteiger charge is -2.20. The quantitative estimate of drug-likeness (QED) is 0.947. The van der Waals surface area contributed by atoms with Gasteiger partial charge in [0.1, 0.15) is 5.82 Å². The van der Waals surface area contributed by atoms with Gasteiger partial charge in [0.15, 0.2) is 0 Å². The number of nitrogens with one attached hydrogen (secondary N) is 1. The summed E-state index contributed by atoms with van der Waals surface area (Å²) < 4.78 is 13.0. The summed E-state index contributed by atoms with van der Waals surface area (Å²) >= 11 is 0. The maximum Gasteiger partial charge on any atom is 0.271 e. The molecule has 1 aliphatic heterocycles. The number of oxime groups is 1. The number of carbonyl (C=O) groups is 1. The second kappa shape index (κ2) is 5.79. The average Bonchev–Trinajstić information content (AvgIpc) is 2.94. The predicted molar refractivity (Wildman–Crippen MR) is 84.6 cm³/mol. The van der Waals surface area contributed by atoms with Gasteiger partial charge in [-0.1, -0.05) is 17.3 Å². The van der Waals surface area contributed by atoms with Gasteiger partial charge < -0.3 is 10.2 Å². The van der Waals surface area contributed by atoms with Gasteiger partial charge >= 0.3 is 0 Å². The molecule has 1 amide bonds. The first kappa shape index (κ1) is 15.1. The third-order valence-electron chi connectivity index (χ3n) is 3.77. The Bertz CT molecular complexity index is 774. The minimum Gasteiger partial charge on any atom is -0.379 e. The topological polar surface area (TPSA) is 63.6 Å². The molecule has 0 saturated heterocycles. The Morgan fingerprint density at radius 3 is 2.74 bits per heavy atom. The number of amides is 1. The second-order valence-corrected chi connectivity index (χ2v) is 5.63. The smallest absolute Gasteiger partial charge is 0.271 e. The van der Waals surface area contributed by atoms with Crippen LogP contribution in [0.5, 0.6) is 0 Å². The van der Waals surface area contributed by atoms with E-state index in [1.165, 1.54) is 12.1 Å². The first-order chi connectivity index (χ1) is 11.0. The normalized spacial score (nSPS) is 19.9. The Morgan fingerprint density at radius 2 is 2.04 bits per heavy atom. The van der Waals surface area contributed by atoms with Crippen LogP contribution in [0, 0.1) is 12.7 Å². The Morgan fingerprint density at radius 1 is 1.30 bits per heavy atom. The SMILES string of the molecule is Cc1ncccc1NC(=O)[C@]1(C)CC(c2ccc(F)cc2)=NO1. The molecule has 0 fully saturated rings. The Kier molecular flexibility index (Phi) is 3.82. The molecule has 1 aliphatic rings. The van der Waals surface area contributed by atoms with Crippen molar-refractivity contribution in [1.29, 1.82) is 0 Å². The summed E-state index contributed by atoms with van der Waals surface area (Å²) in [4.78, 5) is 22.0. The van der Waals surface area contributed by atoms with Gasteiger partial charge in [-0.25, -0.2) is 4.39 Å². The standard InChI is InChI=1S/C17H16FN3O2/c1-11-14(4-3-9-19-11)20-16(22)17(2)10-15(21-23-17)12-5-7-13(18)8-6-12/h3-9H,10H2,1-2H3,(H,20,22)/t17-/m0/s1. The summed E-state index contributed by atoms with van der Waals surface area (Å²) in [6.07, 6.45) is 1.97. The van der Waals surface area contributed by atoms with E-state index in [9.17, 15) is 9.18 Å². The molecule has 1 aromatic carbocycles. The minimum absolute atomic E-state index is 0.297. The van der Waals surface area contributed by atoms with Crippen molar-refractivity contribution in [3.8, 4) is 0 Å². The van der Waals surface area contributed by atoms with Crippen LogP contribution in [0.2, 0.25) is 0 Å². The number of aryl methyl sites for hydroxylation is 1. The Balaban J connectivity index is 1.73. The number of benzene rings is 1. The lowest BCUT2D eigenvalue weighted by Crippen LogP contribution is -2.40. The summed E-state index contributed by atoms with van der Waals surface area (Å²) in [6.45, 7) is 3.49. The molecule has 1 atom stereocenters. The molecule has 6 heteroatoms. The Labute approximate surface area is 133 Å². The van der Waals surface area contributed by atoms with E-state index in [0.29, 0.717) is 17.8 Å². The highest BCUT2D eigenvalue weighted by molar-refractivity contribution is 6.07. The fourth-order valence-electron chi connectivity index (χ4n) is 2.33. The molecule has 0 bridgehead atoms. The summed E-state index contributed by atoms with van der Waals surface area (Å²) in [5.74, 6) is -0.615. The number of nitrogens with zero attached hydrogens (tertiary/aromatic N) is 2. The third kappa shape index (κ3) is 3.06. The number of halogens is 1. The molecule has 118 valence electrons. The third-order valence-corrected chi connectivity index (χ3v) is 3.77. The number of hydrogen-bond donors (Lipinski definition) is 1. The summed E-state index contributed by atoms with van der Waals surface area (Å²) in [6, 6.07) is 9.47. The van der Waals surface area contributed by atoms with E-state index in [4.69, 9.17) is 4.84 Å². The van der Waals surface area contributed by atoms with Crippen molar-refractivity contribution in [1.82, 2.24) is 4.98 Å². The van der Waals surface area contributed by atoms with Crippen LogP contribution in [0.15, 0.2) is 47.8 Å². The number of hydrogen-bond acceptors (Lipinski definition) is 4. The maximum atomic E-state index is 13.0. The van der Waals surface area contributed by atoms with E-state index in [-0.39, 0.29) is 11.7 Å². The summed E-state index contributed by atoms with van der Waals surface area (Å²) in [7, 11) is 0. The largest absolute Gasteiger partial charge is 0.379 e. The number of pyridine rings is 1. The van der Waals surface area contributed by atoms with Gasteiger partial charge in [-0.3, -0.25) is 9.78 Å². The van der Waals surface area contributed by atoms with Gasteiger partial charge in [0.05, 0.1) is 17.1 Å². The van der Waals surface area contributed by atoms with E-state index in [1.807, 2.05) is 6.92 Å². The zero-order valence-corrected chi connectivity index (χ0v) is 12.8. The van der Waals surface area contributed by atoms with E-state index < -0.39 is 5.60 Å². The van der Waals surface area contributed by atoms with E-state index >= 15 is 0 Å². The van der Waals surface area contributed by atoms with Crippen LogP contribution in [0.1, 0.15) is 24.6 Å². The van der Waals surface area contributed by atoms with Gasteiger partial charge in [-0.2, -0.15) is 0 Å². The number of rotatable bonds is 3. The van der Waals surface area contributed by atoms with E-state index in [2.05, 4.69) is 15.5 Å². The van der Waals surface area contributed by atoms with E-state index in [0.717, 1.165) is 11.3 Å². The molecule has 3 rings (SSSR count). The molecule has 23 heavy (non-hydrogen) atoms. The van der Waals surface area contributed by atoms with Crippen LogP contribution in [0.25, 0.3) is 0 Å². The van der Waals surface area contributed by atoms with Crippen LogP contribution in [0.3, 0.4) is 0 Å². The van der Waals surface area contributed by atoms with Gasteiger partial charge in [-0.05, 0) is 43.7 Å². The minimum atomic E-state index is -1.11. The molecule has 5 nitrogen and oxygen atoms in total. The molecule has 0 unspecified atom stereocenters. The summed E-state index contributed by atoms with van der Waals surface area (Å²) in [5, 5.41) is 6.81. The molecule has 0 saturated carbocycles. The molecule has 2 aromatic rings. The van der Waals surface area contributed by atoms with E-state index in [1.54, 1.807) is 37.4 Å². The molecular formula is C17H16FN3O2. The highest BCUT2D eigenvalue weighted by Crippen LogP contribution is 2.28. The zero-order valence-electron chi connectivity index (χ0n) is 12.8. The van der Waals surface area contributed by atoms with Crippen molar-refractivity contribution >= 4 is 17.3 Å². The molecule has 0 radical (unpaired) electrons. The van der Waals surface area contributed by atoms with Gasteiger partial charge in [0.2, 0.25) is 5.60 Å². The molecule has 1 aromatic heterocycles. The van der Waals surface area contributed by atoms with Crippen molar-refractivity contribution < 1.29 is 14.0 Å². The highest BCUT2D eigenvalue weighted by atomic mass is 19.1. The lowest BCUT2D eigenvalue weighted by molar-refractivity contribution is -0.135. The predicted octanol–water partition coefficient (Wildman–Crippen LogP) is 3.05. The van der Waals surface area contributed by atoms with Crippen LogP contribution >= 0.6 is 0 Å². The second-order valence-electron chi connectivity index (χ2n) is 5.63. The number of aromatic nitrogens is 1. The van der Waals surface area contributed by atoms with Crippen molar-refractivity contribution in [3.05, 3.63) is 59.7 Å². The van der Waals surface area contributed by atoms with Gasteiger partial charge in [-0.15, -0.1) is 0 Å². The zero-order chi connectivity index (χ0) is 16.4. The molecule has 0 spiro atoms. The number of anilines is 1. The molecule has 2 heterocycles. The highest BCUT2D eigenvalue weighted by Gasteiger charge is 2.42. The van der Waals surface area contributed by atoms with Crippen LogP contribution < -0.4 is 5.32 Å². The van der Waals surface area contributed by atoms with Crippen LogP contribution in [0.4, 0.5) is 10.1 Å². The molecule has 0 aliphatic carbocycles. The first-order valence-electron chi connectivity index (χ1n) is 7.22. The maximum absolute atomic E-state index is 13.0. The lowest BCUT2D eigenvalue weighted by atomic mass is 9.95. The van der Waals surface area contributed by atoms with Gasteiger partial charge in [0, 0.05) is 12.6 Å². The van der Waals surface area contributed by atoms with Gasteiger partial charge in [0.25, 0.3) is 5.91 Å². The Hall–Kier alpha value is -2.76. The van der Waals surface area contributed by atoms with Crippen molar-refractivity contribution in [2.75, 3.05) is 5.32 Å². The monoisotopic (exact) mass is 313 g/mol.